The lowest BCUT2D eigenvalue weighted by Crippen LogP contribution is -2.37. The summed E-state index contributed by atoms with van der Waals surface area (Å²) in [5.74, 6) is 0.418. The zero-order chi connectivity index (χ0) is 14.3. The molecule has 3 nitrogen and oxygen atoms in total. The zero-order valence-corrected chi connectivity index (χ0v) is 12.9. The molecule has 0 bridgehead atoms. The molecule has 19 heavy (non-hydrogen) atoms. The van der Waals surface area contributed by atoms with E-state index in [1.54, 1.807) is 0 Å². The van der Waals surface area contributed by atoms with Crippen molar-refractivity contribution in [3.8, 4) is 0 Å². The van der Waals surface area contributed by atoms with Crippen molar-refractivity contribution in [2.45, 2.75) is 58.3 Å². The summed E-state index contributed by atoms with van der Waals surface area (Å²) in [5.41, 5.74) is 2.17. The predicted octanol–water partition coefficient (Wildman–Crippen LogP) is 3.24. The molecule has 1 aromatic rings. The smallest absolute Gasteiger partial charge is 0.0681 e. The van der Waals surface area contributed by atoms with E-state index in [1.807, 2.05) is 19.3 Å². The third-order valence-corrected chi connectivity index (χ3v) is 4.11. The van der Waals surface area contributed by atoms with Crippen LogP contribution >= 0.6 is 0 Å². The molecule has 0 radical (unpaired) electrons. The van der Waals surface area contributed by atoms with E-state index < -0.39 is 0 Å². The van der Waals surface area contributed by atoms with Gasteiger partial charge in [0.25, 0.3) is 0 Å². The van der Waals surface area contributed by atoms with Crippen molar-refractivity contribution in [2.75, 3.05) is 7.05 Å². The number of hydrogen-bond donors (Lipinski definition) is 1. The van der Waals surface area contributed by atoms with Gasteiger partial charge in [0.05, 0.1) is 22.9 Å². The fourth-order valence-electron chi connectivity index (χ4n) is 3.41. The van der Waals surface area contributed by atoms with Gasteiger partial charge in [0.15, 0.2) is 0 Å². The number of ether oxygens (including phenoxy) is 1. The molecular formula is C16H26N2O. The van der Waals surface area contributed by atoms with Crippen LogP contribution in [0.1, 0.15) is 51.4 Å². The number of aryl methyl sites for hydroxylation is 1. The summed E-state index contributed by atoms with van der Waals surface area (Å²) in [6.45, 7) is 10.8. The highest BCUT2D eigenvalue weighted by atomic mass is 16.5. The molecule has 1 N–H and O–H groups in total. The van der Waals surface area contributed by atoms with E-state index in [1.165, 1.54) is 5.56 Å². The molecule has 1 fully saturated rings. The van der Waals surface area contributed by atoms with Crippen LogP contribution in [0.3, 0.4) is 0 Å². The molecule has 0 spiro atoms. The summed E-state index contributed by atoms with van der Waals surface area (Å²) in [5, 5.41) is 3.44. The van der Waals surface area contributed by atoms with Gasteiger partial charge in [-0.2, -0.15) is 0 Å². The van der Waals surface area contributed by atoms with E-state index >= 15 is 0 Å². The zero-order valence-electron chi connectivity index (χ0n) is 12.9. The fourth-order valence-corrected chi connectivity index (χ4v) is 3.41. The summed E-state index contributed by atoms with van der Waals surface area (Å²) in [6.07, 6.45) is 2.93. The Morgan fingerprint density at radius 2 is 2.05 bits per heavy atom. The second-order valence-corrected chi connectivity index (χ2v) is 6.80. The van der Waals surface area contributed by atoms with Crippen molar-refractivity contribution in [3.63, 3.8) is 0 Å². The van der Waals surface area contributed by atoms with E-state index in [0.29, 0.717) is 5.92 Å². The Hall–Kier alpha value is -0.930. The van der Waals surface area contributed by atoms with Crippen LogP contribution in [0.15, 0.2) is 18.3 Å². The van der Waals surface area contributed by atoms with Gasteiger partial charge in [-0.3, -0.25) is 4.98 Å². The third-order valence-electron chi connectivity index (χ3n) is 4.11. The maximum atomic E-state index is 6.22. The molecule has 0 aliphatic carbocycles. The van der Waals surface area contributed by atoms with Crippen LogP contribution in [0.5, 0.6) is 0 Å². The van der Waals surface area contributed by atoms with Gasteiger partial charge in [-0.15, -0.1) is 0 Å². The van der Waals surface area contributed by atoms with Gasteiger partial charge in [-0.25, -0.2) is 0 Å². The highest BCUT2D eigenvalue weighted by molar-refractivity contribution is 5.19. The summed E-state index contributed by atoms with van der Waals surface area (Å²) < 4.78 is 6.22. The minimum Gasteiger partial charge on any atom is -0.369 e. The minimum absolute atomic E-state index is 0.0624. The maximum Gasteiger partial charge on any atom is 0.0681 e. The average molecular weight is 262 g/mol. The van der Waals surface area contributed by atoms with Crippen LogP contribution in [0.25, 0.3) is 0 Å². The lowest BCUT2D eigenvalue weighted by atomic mass is 9.80. The molecule has 106 valence electrons. The number of rotatable bonds is 3. The topological polar surface area (TPSA) is 34.2 Å². The average Bonchev–Trinajstić information content (AvgIpc) is 2.48. The van der Waals surface area contributed by atoms with Crippen molar-refractivity contribution in [1.29, 1.82) is 0 Å². The van der Waals surface area contributed by atoms with Crippen molar-refractivity contribution in [1.82, 2.24) is 10.3 Å². The van der Waals surface area contributed by atoms with Crippen LogP contribution in [-0.2, 0) is 4.74 Å². The molecule has 2 atom stereocenters. The molecule has 1 saturated heterocycles. The lowest BCUT2D eigenvalue weighted by molar-refractivity contribution is -0.0778. The molecule has 3 heteroatoms. The Kier molecular flexibility index (Phi) is 3.72. The molecule has 2 unspecified atom stereocenters. The Morgan fingerprint density at radius 1 is 1.37 bits per heavy atom. The molecule has 0 aromatic carbocycles. The van der Waals surface area contributed by atoms with Crippen molar-refractivity contribution in [2.24, 2.45) is 5.92 Å². The highest BCUT2D eigenvalue weighted by Crippen LogP contribution is 2.47. The number of aromatic nitrogens is 1. The lowest BCUT2D eigenvalue weighted by Gasteiger charge is -2.32. The van der Waals surface area contributed by atoms with E-state index in [-0.39, 0.29) is 17.2 Å². The molecule has 1 aromatic heterocycles. The third kappa shape index (κ3) is 2.98. The van der Waals surface area contributed by atoms with E-state index in [0.717, 1.165) is 12.1 Å². The van der Waals surface area contributed by atoms with Gasteiger partial charge < -0.3 is 10.1 Å². The Bertz CT molecular complexity index is 454. The summed E-state index contributed by atoms with van der Waals surface area (Å²) in [4.78, 5) is 4.55. The van der Waals surface area contributed by atoms with Gasteiger partial charge in [0, 0.05) is 12.1 Å². The highest BCUT2D eigenvalue weighted by Gasteiger charge is 2.49. The van der Waals surface area contributed by atoms with Crippen molar-refractivity contribution in [3.05, 3.63) is 29.6 Å². The molecule has 0 saturated carbocycles. The summed E-state index contributed by atoms with van der Waals surface area (Å²) in [6, 6.07) is 4.44. The monoisotopic (exact) mass is 262 g/mol. The first kappa shape index (κ1) is 14.5. The second-order valence-electron chi connectivity index (χ2n) is 6.80. The first-order valence-electron chi connectivity index (χ1n) is 7.05. The molecule has 1 aliphatic rings. The van der Waals surface area contributed by atoms with Crippen molar-refractivity contribution < 1.29 is 4.74 Å². The fraction of sp³-hybridized carbons (Fsp3) is 0.688. The Balaban J connectivity index is 2.32. The minimum atomic E-state index is -0.136. The van der Waals surface area contributed by atoms with Crippen LogP contribution in [0.4, 0.5) is 0 Å². The van der Waals surface area contributed by atoms with Crippen molar-refractivity contribution >= 4 is 0 Å². The number of hydrogen-bond acceptors (Lipinski definition) is 3. The molecule has 1 aliphatic heterocycles. The number of pyridine rings is 1. The first-order chi connectivity index (χ1) is 8.75. The predicted molar refractivity (Wildman–Crippen MR) is 78.1 cm³/mol. The molecule has 0 amide bonds. The first-order valence-corrected chi connectivity index (χ1v) is 7.05. The molecule has 2 rings (SSSR count). The van der Waals surface area contributed by atoms with Crippen LogP contribution < -0.4 is 5.32 Å². The second kappa shape index (κ2) is 4.88. The molecule has 2 heterocycles. The molecular weight excluding hydrogens is 236 g/mol. The van der Waals surface area contributed by atoms with Gasteiger partial charge in [0.2, 0.25) is 0 Å². The van der Waals surface area contributed by atoms with Gasteiger partial charge in [0.1, 0.15) is 0 Å². The van der Waals surface area contributed by atoms with Gasteiger partial charge in [-0.05, 0) is 65.8 Å². The van der Waals surface area contributed by atoms with E-state index in [9.17, 15) is 0 Å². The number of nitrogens with zero attached hydrogens (tertiary/aromatic N) is 1. The standard InChI is InChI=1S/C16H26N2O/c1-11-7-8-18-13(9-11)14(17-6)12-10-15(2,3)19-16(12,4)5/h7-9,12,14,17H,10H2,1-6H3. The summed E-state index contributed by atoms with van der Waals surface area (Å²) >= 11 is 0. The van der Waals surface area contributed by atoms with E-state index in [4.69, 9.17) is 4.74 Å². The quantitative estimate of drug-likeness (QED) is 0.908. The van der Waals surface area contributed by atoms with Crippen LogP contribution in [0, 0.1) is 12.8 Å². The SMILES string of the molecule is CNC(c1cc(C)ccn1)C1CC(C)(C)OC1(C)C. The maximum absolute atomic E-state index is 6.22. The van der Waals surface area contributed by atoms with Gasteiger partial charge >= 0.3 is 0 Å². The summed E-state index contributed by atoms with van der Waals surface area (Å²) in [7, 11) is 2.01. The van der Waals surface area contributed by atoms with Gasteiger partial charge in [-0.1, -0.05) is 0 Å². The Morgan fingerprint density at radius 3 is 2.53 bits per heavy atom. The van der Waals surface area contributed by atoms with Crippen LogP contribution in [-0.4, -0.2) is 23.2 Å². The van der Waals surface area contributed by atoms with Crippen LogP contribution in [0.2, 0.25) is 0 Å². The normalized spacial score (nSPS) is 26.3. The van der Waals surface area contributed by atoms with E-state index in [2.05, 4.69) is 51.0 Å². The Labute approximate surface area is 116 Å². The largest absolute Gasteiger partial charge is 0.369 e. The number of nitrogens with one attached hydrogen (secondary N) is 1.